The second kappa shape index (κ2) is 7.80. The molecule has 0 N–H and O–H groups in total. The van der Waals surface area contributed by atoms with Crippen LogP contribution >= 0.6 is 0 Å². The highest BCUT2D eigenvalue weighted by molar-refractivity contribution is 5.99. The maximum Gasteiger partial charge on any atom is 0.270 e. The van der Waals surface area contributed by atoms with E-state index in [0.29, 0.717) is 13.2 Å². The van der Waals surface area contributed by atoms with Crippen LogP contribution in [0.25, 0.3) is 10.9 Å². The van der Waals surface area contributed by atoms with Gasteiger partial charge in [-0.3, -0.25) is 4.79 Å². The van der Waals surface area contributed by atoms with Crippen LogP contribution in [0, 0.1) is 6.92 Å². The Bertz CT molecular complexity index is 988. The number of ether oxygens (including phenoxy) is 1. The summed E-state index contributed by atoms with van der Waals surface area (Å²) in [6.07, 6.45) is 5.90. The molecular weight excluding hydrogens is 352 g/mol. The number of nitrogens with zero attached hydrogens (tertiary/aromatic N) is 4. The molecule has 1 aliphatic heterocycles. The van der Waals surface area contributed by atoms with Crippen LogP contribution in [0.1, 0.15) is 40.6 Å². The molecule has 1 atom stereocenters. The number of para-hydroxylation sites is 1. The van der Waals surface area contributed by atoms with Crippen molar-refractivity contribution in [2.45, 2.75) is 32.2 Å². The zero-order valence-corrected chi connectivity index (χ0v) is 16.9. The number of hydrogen-bond donors (Lipinski definition) is 0. The van der Waals surface area contributed by atoms with Gasteiger partial charge in [-0.2, -0.15) is 0 Å². The summed E-state index contributed by atoms with van der Waals surface area (Å²) in [4.78, 5) is 19.9. The fraction of sp³-hybridized carbons (Fsp3) is 0.455. The van der Waals surface area contributed by atoms with E-state index < -0.39 is 0 Å². The van der Waals surface area contributed by atoms with Gasteiger partial charge in [-0.05, 0) is 31.4 Å². The molecule has 3 heterocycles. The lowest BCUT2D eigenvalue weighted by molar-refractivity contribution is 0.0693. The predicted octanol–water partition coefficient (Wildman–Crippen LogP) is 3.35. The van der Waals surface area contributed by atoms with Crippen molar-refractivity contribution >= 4 is 16.8 Å². The maximum absolute atomic E-state index is 13.3. The van der Waals surface area contributed by atoms with Gasteiger partial charge >= 0.3 is 0 Å². The van der Waals surface area contributed by atoms with Crippen LogP contribution in [0.2, 0.25) is 0 Å². The highest BCUT2D eigenvalue weighted by Gasteiger charge is 2.29. The fourth-order valence-corrected chi connectivity index (χ4v) is 4.42. The Kier molecular flexibility index (Phi) is 5.22. The van der Waals surface area contributed by atoms with Crippen LogP contribution < -0.4 is 0 Å². The second-order valence-electron chi connectivity index (χ2n) is 7.66. The average molecular weight is 380 g/mol. The Morgan fingerprint density at radius 3 is 3.00 bits per heavy atom. The number of rotatable bonds is 5. The summed E-state index contributed by atoms with van der Waals surface area (Å²) in [7, 11) is 3.70. The van der Waals surface area contributed by atoms with Gasteiger partial charge in [-0.15, -0.1) is 0 Å². The monoisotopic (exact) mass is 380 g/mol. The average Bonchev–Trinajstić information content (AvgIpc) is 3.31. The quantitative estimate of drug-likeness (QED) is 0.682. The van der Waals surface area contributed by atoms with Crippen molar-refractivity contribution in [2.75, 3.05) is 26.8 Å². The molecule has 0 bridgehead atoms. The first-order chi connectivity index (χ1) is 13.6. The predicted molar refractivity (Wildman–Crippen MR) is 110 cm³/mol. The largest absolute Gasteiger partial charge is 0.383 e. The normalized spacial score (nSPS) is 17.4. The lowest BCUT2D eigenvalue weighted by Gasteiger charge is -2.32. The summed E-state index contributed by atoms with van der Waals surface area (Å²) in [5.74, 6) is 1.43. The molecule has 6 nitrogen and oxygen atoms in total. The number of imidazole rings is 1. The van der Waals surface area contributed by atoms with E-state index >= 15 is 0 Å². The van der Waals surface area contributed by atoms with Crippen molar-refractivity contribution in [3.8, 4) is 0 Å². The standard InChI is InChI=1S/C22H28N4O2/c1-16-6-4-7-17-14-19(24(2)20(16)17)22(27)26-10-5-8-18(15-26)21-23-9-11-25(21)12-13-28-3/h4,6-7,9,11,14,18H,5,8,10,12-13,15H2,1-3H3. The van der Waals surface area contributed by atoms with Gasteiger partial charge in [0.05, 0.1) is 12.1 Å². The first-order valence-electron chi connectivity index (χ1n) is 9.94. The van der Waals surface area contributed by atoms with E-state index in [-0.39, 0.29) is 11.8 Å². The molecular formula is C22H28N4O2. The molecule has 28 heavy (non-hydrogen) atoms. The van der Waals surface area contributed by atoms with Gasteiger partial charge in [0.25, 0.3) is 5.91 Å². The molecule has 1 aliphatic rings. The number of piperidine rings is 1. The smallest absolute Gasteiger partial charge is 0.270 e. The third kappa shape index (κ3) is 3.33. The maximum atomic E-state index is 13.3. The molecule has 6 heteroatoms. The molecule has 3 aromatic rings. The summed E-state index contributed by atoms with van der Waals surface area (Å²) in [5, 5.41) is 1.12. The Morgan fingerprint density at radius 1 is 1.36 bits per heavy atom. The Labute approximate surface area is 165 Å². The Balaban J connectivity index is 1.57. The molecule has 148 valence electrons. The molecule has 4 rings (SSSR count). The molecule has 0 radical (unpaired) electrons. The van der Waals surface area contributed by atoms with Crippen molar-refractivity contribution < 1.29 is 9.53 Å². The first kappa shape index (κ1) is 18.7. The summed E-state index contributed by atoms with van der Waals surface area (Å²) >= 11 is 0. The Hall–Kier alpha value is -2.60. The first-order valence-corrected chi connectivity index (χ1v) is 9.94. The van der Waals surface area contributed by atoms with Gasteiger partial charge in [-0.25, -0.2) is 4.98 Å². The molecule has 0 spiro atoms. The van der Waals surface area contributed by atoms with Crippen LogP contribution in [0.15, 0.2) is 36.7 Å². The van der Waals surface area contributed by atoms with Gasteiger partial charge in [-0.1, -0.05) is 18.2 Å². The number of benzene rings is 1. The van der Waals surface area contributed by atoms with E-state index in [1.165, 1.54) is 5.56 Å². The molecule has 1 aromatic carbocycles. The van der Waals surface area contributed by atoms with Gasteiger partial charge in [0.15, 0.2) is 0 Å². The number of carbonyl (C=O) groups excluding carboxylic acids is 1. The molecule has 1 unspecified atom stereocenters. The minimum atomic E-state index is 0.109. The van der Waals surface area contributed by atoms with E-state index in [2.05, 4.69) is 28.6 Å². The van der Waals surface area contributed by atoms with E-state index in [9.17, 15) is 4.79 Å². The van der Waals surface area contributed by atoms with Gasteiger partial charge in [0.1, 0.15) is 11.5 Å². The number of amides is 1. The van der Waals surface area contributed by atoms with Crippen LogP contribution in [0.4, 0.5) is 0 Å². The molecule has 0 saturated carbocycles. The minimum Gasteiger partial charge on any atom is -0.383 e. The molecule has 1 saturated heterocycles. The molecule has 1 fully saturated rings. The lowest BCUT2D eigenvalue weighted by Crippen LogP contribution is -2.40. The number of carbonyl (C=O) groups is 1. The van der Waals surface area contributed by atoms with Crippen molar-refractivity contribution in [3.05, 3.63) is 53.7 Å². The fourth-order valence-electron chi connectivity index (χ4n) is 4.42. The van der Waals surface area contributed by atoms with Crippen molar-refractivity contribution in [1.29, 1.82) is 0 Å². The van der Waals surface area contributed by atoms with E-state index in [4.69, 9.17) is 4.74 Å². The van der Waals surface area contributed by atoms with E-state index in [0.717, 1.165) is 48.4 Å². The van der Waals surface area contributed by atoms with Crippen LogP contribution in [-0.4, -0.2) is 51.7 Å². The summed E-state index contributed by atoms with van der Waals surface area (Å²) < 4.78 is 9.40. The van der Waals surface area contributed by atoms with Crippen LogP contribution in [-0.2, 0) is 18.3 Å². The molecule has 0 aliphatic carbocycles. The van der Waals surface area contributed by atoms with Crippen molar-refractivity contribution in [2.24, 2.45) is 7.05 Å². The van der Waals surface area contributed by atoms with Gasteiger partial charge in [0.2, 0.25) is 0 Å². The lowest BCUT2D eigenvalue weighted by atomic mass is 9.96. The van der Waals surface area contributed by atoms with Crippen molar-refractivity contribution in [1.82, 2.24) is 19.0 Å². The summed E-state index contributed by atoms with van der Waals surface area (Å²) in [6, 6.07) is 8.23. The summed E-state index contributed by atoms with van der Waals surface area (Å²) in [6.45, 7) is 5.05. The zero-order chi connectivity index (χ0) is 19.7. The van der Waals surface area contributed by atoms with E-state index in [1.807, 2.05) is 41.0 Å². The number of hydrogen-bond acceptors (Lipinski definition) is 3. The molecule has 1 amide bonds. The third-order valence-corrected chi connectivity index (χ3v) is 5.83. The SMILES string of the molecule is COCCn1ccnc1C1CCCN(C(=O)c2cc3cccc(C)c3n2C)C1. The number of likely N-dealkylation sites (tertiary alicyclic amines) is 1. The van der Waals surface area contributed by atoms with Crippen molar-refractivity contribution in [3.63, 3.8) is 0 Å². The van der Waals surface area contributed by atoms with E-state index in [1.54, 1.807) is 7.11 Å². The second-order valence-corrected chi connectivity index (χ2v) is 7.66. The number of methoxy groups -OCH3 is 1. The third-order valence-electron chi connectivity index (χ3n) is 5.83. The molecule has 2 aromatic heterocycles. The Morgan fingerprint density at radius 2 is 2.21 bits per heavy atom. The van der Waals surface area contributed by atoms with Gasteiger partial charge < -0.3 is 18.8 Å². The highest BCUT2D eigenvalue weighted by atomic mass is 16.5. The summed E-state index contributed by atoms with van der Waals surface area (Å²) in [5.41, 5.74) is 3.08. The minimum absolute atomic E-state index is 0.109. The van der Waals surface area contributed by atoms with Crippen LogP contribution in [0.3, 0.4) is 0 Å². The number of aromatic nitrogens is 3. The zero-order valence-electron chi connectivity index (χ0n) is 16.9. The van der Waals surface area contributed by atoms with Crippen LogP contribution in [0.5, 0.6) is 0 Å². The topological polar surface area (TPSA) is 52.3 Å². The van der Waals surface area contributed by atoms with Gasteiger partial charge in [0, 0.05) is 57.5 Å². The number of aryl methyl sites for hydroxylation is 2. The highest BCUT2D eigenvalue weighted by Crippen LogP contribution is 2.28. The number of fused-ring (bicyclic) bond motifs is 1.